The summed E-state index contributed by atoms with van der Waals surface area (Å²) in [7, 11) is 0. The molecule has 0 spiro atoms. The van der Waals surface area contributed by atoms with Crippen LogP contribution in [-0.4, -0.2) is 4.57 Å². The molecule has 0 aliphatic heterocycles. The summed E-state index contributed by atoms with van der Waals surface area (Å²) in [6.45, 7) is 0. The molecule has 0 saturated carbocycles. The highest BCUT2D eigenvalue weighted by molar-refractivity contribution is 6.33. The van der Waals surface area contributed by atoms with Crippen molar-refractivity contribution in [3.8, 4) is 16.8 Å². The SMILES string of the molecule is [2H]c1c([2H])c([2H])c(-n2c3cc(-c4ccc5cc(N(c6ccccc6)c6ccccc6)ccc5c4)ccc3c3c4ccc5cccc6ccc(cc32)c4c65)c([2H])c1[2H]. The molecule has 10 aromatic carbocycles. The normalized spacial score (nSPS) is 13.2. The molecule has 0 aliphatic rings. The van der Waals surface area contributed by atoms with Crippen LogP contribution in [0, 0.1) is 0 Å². The molecule has 11 rings (SSSR count). The van der Waals surface area contributed by atoms with Gasteiger partial charge in [0.1, 0.15) is 0 Å². The Balaban J connectivity index is 1.14. The molecule has 0 unspecified atom stereocenters. The second-order valence-electron chi connectivity index (χ2n) is 13.4. The van der Waals surface area contributed by atoms with Crippen LogP contribution in [0.15, 0.2) is 194 Å². The maximum atomic E-state index is 9.10. The lowest BCUT2D eigenvalue weighted by molar-refractivity contribution is 1.18. The molecule has 11 aromatic rings. The van der Waals surface area contributed by atoms with Crippen LogP contribution in [0.2, 0.25) is 0 Å². The molecule has 1 heterocycles. The number of rotatable bonds is 5. The van der Waals surface area contributed by atoms with Crippen molar-refractivity contribution < 1.29 is 6.85 Å². The van der Waals surface area contributed by atoms with E-state index in [-0.39, 0.29) is 29.9 Å². The van der Waals surface area contributed by atoms with Crippen LogP contribution >= 0.6 is 0 Å². The van der Waals surface area contributed by atoms with Crippen LogP contribution in [0.5, 0.6) is 0 Å². The van der Waals surface area contributed by atoms with Gasteiger partial charge in [-0.3, -0.25) is 0 Å². The maximum Gasteiger partial charge on any atom is 0.0645 e. The van der Waals surface area contributed by atoms with Gasteiger partial charge < -0.3 is 9.47 Å². The van der Waals surface area contributed by atoms with Crippen LogP contribution in [-0.2, 0) is 0 Å². The maximum absolute atomic E-state index is 9.10. The summed E-state index contributed by atoms with van der Waals surface area (Å²) in [5, 5.41) is 10.9. The Morgan fingerprint density at radius 1 is 0.385 bits per heavy atom. The highest BCUT2D eigenvalue weighted by atomic mass is 15.1. The average Bonchev–Trinajstić information content (AvgIpc) is 3.57. The molecular weight excluding hydrogens is 629 g/mol. The first-order valence-corrected chi connectivity index (χ1v) is 17.5. The van der Waals surface area contributed by atoms with Gasteiger partial charge in [-0.15, -0.1) is 0 Å². The molecule has 0 N–H and O–H groups in total. The van der Waals surface area contributed by atoms with E-state index in [0.29, 0.717) is 0 Å². The third-order valence-electron chi connectivity index (χ3n) is 10.5. The molecule has 0 atom stereocenters. The predicted octanol–water partition coefficient (Wildman–Crippen LogP) is 14.0. The lowest BCUT2D eigenvalue weighted by Crippen LogP contribution is -2.09. The first kappa shape index (κ1) is 24.3. The van der Waals surface area contributed by atoms with Crippen LogP contribution in [0.1, 0.15) is 6.85 Å². The van der Waals surface area contributed by atoms with E-state index in [1.54, 1.807) is 0 Å². The summed E-state index contributed by atoms with van der Waals surface area (Å²) in [4.78, 5) is 2.26. The minimum atomic E-state index is -0.410. The van der Waals surface area contributed by atoms with Crippen LogP contribution in [0.4, 0.5) is 17.1 Å². The third-order valence-corrected chi connectivity index (χ3v) is 10.5. The van der Waals surface area contributed by atoms with Crippen molar-refractivity contribution in [1.29, 1.82) is 0 Å². The fourth-order valence-electron chi connectivity index (χ4n) is 8.24. The molecule has 2 nitrogen and oxygen atoms in total. The number of fused-ring (bicyclic) bond motifs is 5. The Morgan fingerprint density at radius 2 is 1.00 bits per heavy atom. The van der Waals surface area contributed by atoms with Gasteiger partial charge in [-0.2, -0.15) is 0 Å². The van der Waals surface area contributed by atoms with Gasteiger partial charge in [0.15, 0.2) is 0 Å². The summed E-state index contributed by atoms with van der Waals surface area (Å²) >= 11 is 0. The second-order valence-corrected chi connectivity index (χ2v) is 13.4. The van der Waals surface area contributed by atoms with Crippen LogP contribution in [0.25, 0.3) is 81.7 Å². The van der Waals surface area contributed by atoms with Gasteiger partial charge in [0.2, 0.25) is 0 Å². The minimum Gasteiger partial charge on any atom is -0.310 e. The Labute approximate surface area is 308 Å². The number of para-hydroxylation sites is 3. The van der Waals surface area contributed by atoms with Crippen molar-refractivity contribution in [3.05, 3.63) is 194 Å². The van der Waals surface area contributed by atoms with Gasteiger partial charge in [0.25, 0.3) is 0 Å². The molecule has 2 heteroatoms. The molecule has 0 radical (unpaired) electrons. The van der Waals surface area contributed by atoms with E-state index in [4.69, 9.17) is 6.85 Å². The van der Waals surface area contributed by atoms with Gasteiger partial charge >= 0.3 is 0 Å². The number of nitrogens with zero attached hydrogens (tertiary/aromatic N) is 2. The zero-order chi connectivity index (χ0) is 38.5. The monoisotopic (exact) mass is 665 g/mol. The molecule has 0 amide bonds. The summed E-state index contributed by atoms with van der Waals surface area (Å²) in [6.07, 6.45) is 0. The smallest absolute Gasteiger partial charge is 0.0645 e. The number of hydrogen-bond acceptors (Lipinski definition) is 1. The van der Waals surface area contributed by atoms with Crippen molar-refractivity contribution >= 4 is 82.0 Å². The first-order valence-electron chi connectivity index (χ1n) is 20.0. The fraction of sp³-hybridized carbons (Fsp3) is 0. The zero-order valence-corrected chi connectivity index (χ0v) is 28.0. The molecule has 0 bridgehead atoms. The highest BCUT2D eigenvalue weighted by Gasteiger charge is 2.19. The van der Waals surface area contributed by atoms with Gasteiger partial charge in [0.05, 0.1) is 17.9 Å². The van der Waals surface area contributed by atoms with E-state index in [1.807, 2.05) is 16.7 Å². The van der Waals surface area contributed by atoms with E-state index < -0.39 is 6.04 Å². The standard InChI is InChI=1S/C50H32N2/c1-4-13-40(14-5-1)51(41-15-6-2-7-16-41)43-26-23-36-29-35(20-21-37(36)30-43)38-25-27-44-46(31-38)52(42-17-8-3-9-18-42)47-32-39-22-19-33-11-10-12-34-24-28-45(50(44)47)49(39)48(33)34/h1-32H/i3D,8D,9D,17D,18D. The second kappa shape index (κ2) is 11.3. The van der Waals surface area contributed by atoms with Crippen molar-refractivity contribution in [2.75, 3.05) is 4.90 Å². The average molecular weight is 666 g/mol. The van der Waals surface area contributed by atoms with E-state index in [1.165, 1.54) is 5.39 Å². The summed E-state index contributed by atoms with van der Waals surface area (Å²) in [5.74, 6) is 0. The summed E-state index contributed by atoms with van der Waals surface area (Å²) in [5.41, 5.74) is 6.89. The zero-order valence-electron chi connectivity index (χ0n) is 33.0. The van der Waals surface area contributed by atoms with E-state index in [0.717, 1.165) is 87.7 Å². The lowest BCUT2D eigenvalue weighted by atomic mass is 9.92. The molecule has 1 aromatic heterocycles. The van der Waals surface area contributed by atoms with E-state index >= 15 is 0 Å². The van der Waals surface area contributed by atoms with E-state index in [9.17, 15) is 0 Å². The third kappa shape index (κ3) is 4.38. The van der Waals surface area contributed by atoms with E-state index in [2.05, 4.69) is 157 Å². The van der Waals surface area contributed by atoms with Crippen molar-refractivity contribution in [2.24, 2.45) is 0 Å². The molecule has 52 heavy (non-hydrogen) atoms. The first-order chi connectivity index (χ1) is 27.9. The quantitative estimate of drug-likeness (QED) is 0.166. The fourth-order valence-corrected chi connectivity index (χ4v) is 8.24. The van der Waals surface area contributed by atoms with Crippen LogP contribution < -0.4 is 4.90 Å². The van der Waals surface area contributed by atoms with Crippen LogP contribution in [0.3, 0.4) is 0 Å². The molecular formula is C50H32N2. The van der Waals surface area contributed by atoms with Gasteiger partial charge in [-0.1, -0.05) is 127 Å². The largest absolute Gasteiger partial charge is 0.310 e. The van der Waals surface area contributed by atoms with Gasteiger partial charge in [0, 0.05) is 33.5 Å². The molecule has 0 saturated heterocycles. The lowest BCUT2D eigenvalue weighted by Gasteiger charge is -2.25. The Hall–Kier alpha value is -6.90. The number of hydrogen-bond donors (Lipinski definition) is 0. The summed E-state index contributed by atoms with van der Waals surface area (Å²) in [6, 6.07) is 55.6. The molecule has 0 fully saturated rings. The Kier molecular flexibility index (Phi) is 5.28. The molecule has 242 valence electrons. The summed E-state index contributed by atoms with van der Waals surface area (Å²) < 4.78 is 45.7. The van der Waals surface area contributed by atoms with Crippen molar-refractivity contribution in [2.45, 2.75) is 0 Å². The number of aromatic nitrogens is 1. The number of anilines is 3. The highest BCUT2D eigenvalue weighted by Crippen LogP contribution is 2.44. The minimum absolute atomic E-state index is 0.137. The van der Waals surface area contributed by atoms with Gasteiger partial charge in [-0.25, -0.2) is 0 Å². The predicted molar refractivity (Wildman–Crippen MR) is 222 cm³/mol. The molecule has 0 aliphatic carbocycles. The van der Waals surface area contributed by atoms with Crippen molar-refractivity contribution in [3.63, 3.8) is 0 Å². The Bertz CT molecular complexity index is 3330. The number of benzene rings is 10. The Morgan fingerprint density at radius 3 is 1.77 bits per heavy atom. The topological polar surface area (TPSA) is 8.17 Å². The van der Waals surface area contributed by atoms with Gasteiger partial charge in [-0.05, 0) is 121 Å². The van der Waals surface area contributed by atoms with Crippen molar-refractivity contribution in [1.82, 2.24) is 4.57 Å².